The molecule has 0 N–H and O–H groups in total. The predicted octanol–water partition coefficient (Wildman–Crippen LogP) is 3.23. The second kappa shape index (κ2) is 8.57. The number of aliphatic imine (C=N–C) groups is 1. The molecule has 1 aliphatic carbocycles. The van der Waals surface area contributed by atoms with Crippen LogP contribution in [-0.2, 0) is 19.1 Å². The second-order valence-corrected chi connectivity index (χ2v) is 7.22. The normalized spacial score (nSPS) is 22.5. The smallest absolute Gasteiger partial charge is 0.315 e. The van der Waals surface area contributed by atoms with Crippen molar-refractivity contribution < 1.29 is 19.1 Å². The van der Waals surface area contributed by atoms with Crippen LogP contribution in [0.15, 0.2) is 40.8 Å². The third kappa shape index (κ3) is 4.33. The van der Waals surface area contributed by atoms with Gasteiger partial charge in [0, 0.05) is 41.7 Å². The third-order valence-electron chi connectivity index (χ3n) is 4.91. The Morgan fingerprint density at radius 1 is 1.30 bits per heavy atom. The molecule has 0 saturated carbocycles. The number of ether oxygens (including phenoxy) is 2. The monoisotopic (exact) mass is 370 g/mol. The lowest BCUT2D eigenvalue weighted by Gasteiger charge is -2.34. The molecule has 0 amide bonds. The maximum atomic E-state index is 12.9. The van der Waals surface area contributed by atoms with E-state index in [0.29, 0.717) is 24.3 Å². The van der Waals surface area contributed by atoms with Gasteiger partial charge in [-0.1, -0.05) is 6.07 Å². The van der Waals surface area contributed by atoms with Gasteiger partial charge in [0.1, 0.15) is 12.5 Å². The van der Waals surface area contributed by atoms with Gasteiger partial charge in [-0.25, -0.2) is 0 Å². The van der Waals surface area contributed by atoms with Gasteiger partial charge in [-0.05, 0) is 45.2 Å². The van der Waals surface area contributed by atoms with Crippen molar-refractivity contribution in [3.8, 4) is 0 Å². The number of nitrogens with zero attached hydrogens (tertiary/aromatic N) is 2. The number of aromatic nitrogens is 1. The summed E-state index contributed by atoms with van der Waals surface area (Å²) in [6.07, 6.45) is 5.54. The van der Waals surface area contributed by atoms with E-state index in [0.717, 1.165) is 24.1 Å². The number of Topliss-reactive ketones (excluding diaryl/α,β-unsaturated/α-hetero) is 1. The molecule has 0 spiro atoms. The van der Waals surface area contributed by atoms with E-state index < -0.39 is 11.8 Å². The Morgan fingerprint density at radius 2 is 2.11 bits per heavy atom. The Bertz CT molecular complexity index is 768. The van der Waals surface area contributed by atoms with Gasteiger partial charge < -0.3 is 9.47 Å². The van der Waals surface area contributed by atoms with Crippen LogP contribution in [0.25, 0.3) is 0 Å². The van der Waals surface area contributed by atoms with Crippen LogP contribution in [0.3, 0.4) is 0 Å². The lowest BCUT2D eigenvalue weighted by Crippen LogP contribution is -2.37. The third-order valence-corrected chi connectivity index (χ3v) is 4.91. The number of allylic oxidation sites excluding steroid dienone is 2. The van der Waals surface area contributed by atoms with Crippen LogP contribution in [-0.4, -0.2) is 41.8 Å². The molecule has 3 rings (SSSR count). The first kappa shape index (κ1) is 19.4. The summed E-state index contributed by atoms with van der Waals surface area (Å²) in [5.74, 6) is -1.31. The fraction of sp³-hybridized carbons (Fsp3) is 0.524. The van der Waals surface area contributed by atoms with Crippen LogP contribution in [0.5, 0.6) is 0 Å². The minimum absolute atomic E-state index is 0.0716. The zero-order chi connectivity index (χ0) is 19.4. The molecule has 0 bridgehead atoms. The number of carbonyl (C=O) groups excluding carboxylic acids is 2. The van der Waals surface area contributed by atoms with Gasteiger partial charge in [-0.15, -0.1) is 0 Å². The van der Waals surface area contributed by atoms with Crippen LogP contribution in [0.4, 0.5) is 0 Å². The largest absolute Gasteiger partial charge is 0.463 e. The van der Waals surface area contributed by atoms with Gasteiger partial charge in [0.05, 0.1) is 12.7 Å². The lowest BCUT2D eigenvalue weighted by molar-refractivity contribution is -0.148. The molecule has 1 aromatic rings. The zero-order valence-corrected chi connectivity index (χ0v) is 16.1. The van der Waals surface area contributed by atoms with Gasteiger partial charge in [-0.2, -0.15) is 0 Å². The lowest BCUT2D eigenvalue weighted by atomic mass is 9.72. The molecule has 0 aromatic carbocycles. The van der Waals surface area contributed by atoms with Crippen molar-refractivity contribution in [2.45, 2.75) is 52.1 Å². The molecular formula is C21H26N2O4. The Balaban J connectivity index is 1.89. The topological polar surface area (TPSA) is 77.9 Å². The molecule has 1 aliphatic heterocycles. The molecule has 1 aromatic heterocycles. The maximum absolute atomic E-state index is 12.9. The highest BCUT2D eigenvalue weighted by Gasteiger charge is 2.43. The van der Waals surface area contributed by atoms with Crippen LogP contribution >= 0.6 is 0 Å². The van der Waals surface area contributed by atoms with Gasteiger partial charge in [-0.3, -0.25) is 19.6 Å². The van der Waals surface area contributed by atoms with Crippen molar-refractivity contribution in [1.82, 2.24) is 4.98 Å². The minimum Gasteiger partial charge on any atom is -0.463 e. The summed E-state index contributed by atoms with van der Waals surface area (Å²) in [5.41, 5.74) is 2.99. The first-order chi connectivity index (χ1) is 13.0. The maximum Gasteiger partial charge on any atom is 0.315 e. The molecule has 6 nitrogen and oxygen atoms in total. The van der Waals surface area contributed by atoms with E-state index in [-0.39, 0.29) is 24.5 Å². The number of hydrogen-bond acceptors (Lipinski definition) is 6. The Labute approximate surface area is 159 Å². The molecule has 2 atom stereocenters. The van der Waals surface area contributed by atoms with Gasteiger partial charge >= 0.3 is 5.97 Å². The SMILES string of the molecule is CC1=NC2=C(C(=O)CCC2)[C@H](c2cccnc2)C1C(=O)OCCOC(C)C. The highest BCUT2D eigenvalue weighted by molar-refractivity contribution is 6.08. The van der Waals surface area contributed by atoms with E-state index in [9.17, 15) is 9.59 Å². The van der Waals surface area contributed by atoms with Crippen molar-refractivity contribution >= 4 is 17.5 Å². The Hall–Kier alpha value is -2.34. The van der Waals surface area contributed by atoms with Crippen LogP contribution in [0.2, 0.25) is 0 Å². The summed E-state index contributed by atoms with van der Waals surface area (Å²) in [6.45, 7) is 6.22. The summed E-state index contributed by atoms with van der Waals surface area (Å²) in [7, 11) is 0. The summed E-state index contributed by atoms with van der Waals surface area (Å²) < 4.78 is 10.9. The Morgan fingerprint density at radius 3 is 2.81 bits per heavy atom. The molecule has 0 radical (unpaired) electrons. The van der Waals surface area contributed by atoms with Crippen molar-refractivity contribution in [2.75, 3.05) is 13.2 Å². The quantitative estimate of drug-likeness (QED) is 0.567. The highest BCUT2D eigenvalue weighted by atomic mass is 16.6. The number of rotatable bonds is 6. The standard InChI is InChI=1S/C21H26N2O4/c1-13(2)26-10-11-27-21(25)18-14(3)23-16-7-4-8-17(24)20(16)19(18)15-6-5-9-22-12-15/h5-6,9,12-13,18-19H,4,7-8,10-11H2,1-3H3/t18?,19-/m1/s1. The van der Waals surface area contributed by atoms with E-state index in [2.05, 4.69) is 9.98 Å². The van der Waals surface area contributed by atoms with Crippen molar-refractivity contribution in [3.05, 3.63) is 41.4 Å². The number of ketones is 1. The van der Waals surface area contributed by atoms with Gasteiger partial charge in [0.15, 0.2) is 5.78 Å². The second-order valence-electron chi connectivity index (χ2n) is 7.22. The summed E-state index contributed by atoms with van der Waals surface area (Å²) >= 11 is 0. The van der Waals surface area contributed by atoms with Gasteiger partial charge in [0.25, 0.3) is 0 Å². The van der Waals surface area contributed by atoms with E-state index in [1.54, 1.807) is 12.4 Å². The van der Waals surface area contributed by atoms with Crippen LogP contribution in [0.1, 0.15) is 51.5 Å². The average molecular weight is 370 g/mol. The molecule has 27 heavy (non-hydrogen) atoms. The molecule has 6 heteroatoms. The van der Waals surface area contributed by atoms with Crippen LogP contribution < -0.4 is 0 Å². The molecule has 2 aliphatic rings. The molecule has 2 heterocycles. The highest BCUT2D eigenvalue weighted by Crippen LogP contribution is 2.43. The van der Waals surface area contributed by atoms with Gasteiger partial charge in [0.2, 0.25) is 0 Å². The average Bonchev–Trinajstić information content (AvgIpc) is 2.64. The van der Waals surface area contributed by atoms with E-state index in [4.69, 9.17) is 9.47 Å². The number of carbonyl (C=O) groups is 2. The van der Waals surface area contributed by atoms with Crippen molar-refractivity contribution in [3.63, 3.8) is 0 Å². The molecular weight excluding hydrogens is 344 g/mol. The van der Waals surface area contributed by atoms with Crippen molar-refractivity contribution in [1.29, 1.82) is 0 Å². The van der Waals surface area contributed by atoms with E-state index in [1.807, 2.05) is 32.9 Å². The fourth-order valence-corrected chi connectivity index (χ4v) is 3.75. The molecule has 0 saturated heterocycles. The molecule has 1 unspecified atom stereocenters. The van der Waals surface area contributed by atoms with Crippen LogP contribution in [0, 0.1) is 5.92 Å². The Kier molecular flexibility index (Phi) is 6.16. The molecule has 0 fully saturated rings. The predicted molar refractivity (Wildman–Crippen MR) is 102 cm³/mol. The zero-order valence-electron chi connectivity index (χ0n) is 16.1. The van der Waals surface area contributed by atoms with E-state index >= 15 is 0 Å². The fourth-order valence-electron chi connectivity index (χ4n) is 3.75. The first-order valence-corrected chi connectivity index (χ1v) is 9.48. The summed E-state index contributed by atoms with van der Waals surface area (Å²) in [6, 6.07) is 3.73. The number of esters is 1. The first-order valence-electron chi connectivity index (χ1n) is 9.48. The minimum atomic E-state index is -0.617. The van der Waals surface area contributed by atoms with E-state index in [1.165, 1.54) is 0 Å². The summed E-state index contributed by atoms with van der Waals surface area (Å²) in [5, 5.41) is 0. The number of hydrogen-bond donors (Lipinski definition) is 0. The summed E-state index contributed by atoms with van der Waals surface area (Å²) in [4.78, 5) is 34.4. The van der Waals surface area contributed by atoms with Crippen molar-refractivity contribution in [2.24, 2.45) is 10.9 Å². The molecule has 144 valence electrons. The number of pyridine rings is 1.